The maximum absolute atomic E-state index is 13.4. The van der Waals surface area contributed by atoms with Gasteiger partial charge in [-0.05, 0) is 55.9 Å². The molecule has 2 amide bonds. The molecule has 21 heavy (non-hydrogen) atoms. The molecule has 1 aliphatic carbocycles. The molecule has 116 valence electrons. The molecule has 0 bridgehead atoms. The second-order valence-corrected chi connectivity index (χ2v) is 5.80. The number of nitrogens with zero attached hydrogens (tertiary/aromatic N) is 1. The van der Waals surface area contributed by atoms with Crippen LogP contribution in [0.4, 0.5) is 9.18 Å². The maximum atomic E-state index is 13.4. The van der Waals surface area contributed by atoms with Crippen molar-refractivity contribution in [1.29, 1.82) is 0 Å². The van der Waals surface area contributed by atoms with Gasteiger partial charge in [-0.3, -0.25) is 0 Å². The van der Waals surface area contributed by atoms with E-state index in [0.29, 0.717) is 13.0 Å². The van der Waals surface area contributed by atoms with Crippen molar-refractivity contribution in [2.24, 2.45) is 0 Å². The molecule has 0 spiro atoms. The first-order valence-corrected chi connectivity index (χ1v) is 7.45. The Morgan fingerprint density at radius 2 is 2.33 bits per heavy atom. The molecule has 0 aromatic heterocycles. The van der Waals surface area contributed by atoms with Gasteiger partial charge < -0.3 is 15.3 Å². The van der Waals surface area contributed by atoms with E-state index < -0.39 is 6.10 Å². The minimum Gasteiger partial charge on any atom is -0.393 e. The molecule has 0 radical (unpaired) electrons. The molecule has 1 aromatic rings. The van der Waals surface area contributed by atoms with E-state index in [9.17, 15) is 14.3 Å². The molecule has 0 heterocycles. The molecule has 4 nitrogen and oxygen atoms in total. The summed E-state index contributed by atoms with van der Waals surface area (Å²) in [5, 5.41) is 12.2. The van der Waals surface area contributed by atoms with Gasteiger partial charge >= 0.3 is 6.03 Å². The Hall–Kier alpha value is -1.62. The summed E-state index contributed by atoms with van der Waals surface area (Å²) < 4.78 is 13.4. The van der Waals surface area contributed by atoms with Gasteiger partial charge in [-0.1, -0.05) is 6.07 Å². The van der Waals surface area contributed by atoms with Crippen molar-refractivity contribution in [1.82, 2.24) is 10.2 Å². The number of benzene rings is 1. The molecular formula is C16H23FN2O2. The summed E-state index contributed by atoms with van der Waals surface area (Å²) in [6.45, 7) is 2.19. The van der Waals surface area contributed by atoms with Gasteiger partial charge in [-0.2, -0.15) is 0 Å². The SMILES string of the molecule is CC(O)CCN(C)C(=O)NC1CCCc2ccc(F)cc21. The van der Waals surface area contributed by atoms with Crippen molar-refractivity contribution in [3.63, 3.8) is 0 Å². The van der Waals surface area contributed by atoms with Crippen LogP contribution in [-0.4, -0.2) is 35.7 Å². The normalized spacial score (nSPS) is 18.8. The van der Waals surface area contributed by atoms with Crippen molar-refractivity contribution in [3.8, 4) is 0 Å². The number of carbonyl (C=O) groups is 1. The van der Waals surface area contributed by atoms with E-state index in [1.807, 2.05) is 0 Å². The lowest BCUT2D eigenvalue weighted by molar-refractivity contribution is 0.162. The number of halogens is 1. The van der Waals surface area contributed by atoms with Crippen LogP contribution in [0.25, 0.3) is 0 Å². The predicted octanol–water partition coefficient (Wildman–Crippen LogP) is 2.62. The van der Waals surface area contributed by atoms with Crippen LogP contribution in [0.1, 0.15) is 43.4 Å². The van der Waals surface area contributed by atoms with Crippen LogP contribution in [0.3, 0.4) is 0 Å². The van der Waals surface area contributed by atoms with Crippen molar-refractivity contribution >= 4 is 6.03 Å². The first-order chi connectivity index (χ1) is 9.97. The highest BCUT2D eigenvalue weighted by Crippen LogP contribution is 2.30. The van der Waals surface area contributed by atoms with Crippen LogP contribution >= 0.6 is 0 Å². The Morgan fingerprint density at radius 1 is 1.57 bits per heavy atom. The van der Waals surface area contributed by atoms with Gasteiger partial charge in [0.1, 0.15) is 5.82 Å². The van der Waals surface area contributed by atoms with Crippen LogP contribution in [0.2, 0.25) is 0 Å². The molecule has 1 aromatic carbocycles. The van der Waals surface area contributed by atoms with E-state index in [1.165, 1.54) is 12.1 Å². The quantitative estimate of drug-likeness (QED) is 0.897. The van der Waals surface area contributed by atoms with Gasteiger partial charge in [0, 0.05) is 13.6 Å². The number of fused-ring (bicyclic) bond motifs is 1. The molecule has 1 aliphatic rings. The largest absolute Gasteiger partial charge is 0.393 e. The summed E-state index contributed by atoms with van der Waals surface area (Å²) in [5.41, 5.74) is 2.00. The lowest BCUT2D eigenvalue weighted by Crippen LogP contribution is -2.41. The minimum absolute atomic E-state index is 0.133. The van der Waals surface area contributed by atoms with Gasteiger partial charge in [0.25, 0.3) is 0 Å². The standard InChI is InChI=1S/C16H23FN2O2/c1-11(20)8-9-19(2)16(21)18-15-5-3-4-12-6-7-13(17)10-14(12)15/h6-7,10-11,15,20H,3-5,8-9H2,1-2H3,(H,18,21). The maximum Gasteiger partial charge on any atom is 0.317 e. The lowest BCUT2D eigenvalue weighted by Gasteiger charge is -2.28. The fourth-order valence-corrected chi connectivity index (χ4v) is 2.66. The molecule has 2 N–H and O–H groups in total. The lowest BCUT2D eigenvalue weighted by atomic mass is 9.87. The van der Waals surface area contributed by atoms with Crippen LogP contribution < -0.4 is 5.32 Å². The number of rotatable bonds is 4. The Balaban J connectivity index is 2.01. The Bertz CT molecular complexity index is 505. The number of hydrogen-bond acceptors (Lipinski definition) is 2. The third-order valence-corrected chi connectivity index (χ3v) is 3.95. The minimum atomic E-state index is -0.426. The van der Waals surface area contributed by atoms with Gasteiger partial charge in [0.2, 0.25) is 0 Å². The average molecular weight is 294 g/mol. The Labute approximate surface area is 125 Å². The van der Waals surface area contributed by atoms with E-state index in [2.05, 4.69) is 5.32 Å². The molecule has 5 heteroatoms. The number of amides is 2. The average Bonchev–Trinajstić information content (AvgIpc) is 2.45. The summed E-state index contributed by atoms with van der Waals surface area (Å²) in [6.07, 6.45) is 2.86. The topological polar surface area (TPSA) is 52.6 Å². The number of aryl methyl sites for hydroxylation is 1. The zero-order valence-corrected chi connectivity index (χ0v) is 12.6. The highest BCUT2D eigenvalue weighted by Gasteiger charge is 2.23. The third kappa shape index (κ3) is 4.17. The number of aliphatic hydroxyl groups excluding tert-OH is 1. The summed E-state index contributed by atoms with van der Waals surface area (Å²) in [7, 11) is 1.70. The van der Waals surface area contributed by atoms with Crippen molar-refractivity contribution in [3.05, 3.63) is 35.1 Å². The monoisotopic (exact) mass is 294 g/mol. The molecule has 2 unspecified atom stereocenters. The predicted molar refractivity (Wildman–Crippen MR) is 79.5 cm³/mol. The molecule has 2 rings (SSSR count). The number of hydrogen-bond donors (Lipinski definition) is 2. The van der Waals surface area contributed by atoms with Crippen LogP contribution in [0.5, 0.6) is 0 Å². The van der Waals surface area contributed by atoms with E-state index in [0.717, 1.165) is 30.4 Å². The van der Waals surface area contributed by atoms with Crippen molar-refractivity contribution in [2.45, 2.75) is 44.8 Å². The van der Waals surface area contributed by atoms with E-state index in [-0.39, 0.29) is 17.9 Å². The Morgan fingerprint density at radius 3 is 3.05 bits per heavy atom. The second-order valence-electron chi connectivity index (χ2n) is 5.80. The molecule has 0 saturated heterocycles. The number of carbonyl (C=O) groups excluding carboxylic acids is 1. The zero-order valence-electron chi connectivity index (χ0n) is 12.6. The highest BCUT2D eigenvalue weighted by atomic mass is 19.1. The number of urea groups is 1. The van der Waals surface area contributed by atoms with Crippen molar-refractivity contribution < 1.29 is 14.3 Å². The molecule has 0 saturated carbocycles. The Kier molecular flexibility index (Phi) is 5.17. The fraction of sp³-hybridized carbons (Fsp3) is 0.562. The smallest absolute Gasteiger partial charge is 0.317 e. The summed E-state index contributed by atoms with van der Waals surface area (Å²) in [6, 6.07) is 4.48. The second kappa shape index (κ2) is 6.89. The van der Waals surface area contributed by atoms with E-state index in [4.69, 9.17) is 0 Å². The van der Waals surface area contributed by atoms with E-state index in [1.54, 1.807) is 24.9 Å². The zero-order chi connectivity index (χ0) is 15.4. The van der Waals surface area contributed by atoms with Crippen LogP contribution in [0.15, 0.2) is 18.2 Å². The van der Waals surface area contributed by atoms with Gasteiger partial charge in [0.05, 0.1) is 12.1 Å². The first-order valence-electron chi connectivity index (χ1n) is 7.45. The van der Waals surface area contributed by atoms with Gasteiger partial charge in [-0.25, -0.2) is 9.18 Å². The van der Waals surface area contributed by atoms with E-state index >= 15 is 0 Å². The summed E-state index contributed by atoms with van der Waals surface area (Å²) in [4.78, 5) is 13.7. The van der Waals surface area contributed by atoms with Gasteiger partial charge in [-0.15, -0.1) is 0 Å². The molecule has 0 aliphatic heterocycles. The van der Waals surface area contributed by atoms with Gasteiger partial charge in [0.15, 0.2) is 0 Å². The fourth-order valence-electron chi connectivity index (χ4n) is 2.66. The number of nitrogens with one attached hydrogen (secondary N) is 1. The molecule has 2 atom stereocenters. The summed E-state index contributed by atoms with van der Waals surface area (Å²) >= 11 is 0. The van der Waals surface area contributed by atoms with Crippen LogP contribution in [0, 0.1) is 5.82 Å². The first kappa shape index (κ1) is 15.8. The highest BCUT2D eigenvalue weighted by molar-refractivity contribution is 5.74. The van der Waals surface area contributed by atoms with Crippen LogP contribution in [-0.2, 0) is 6.42 Å². The number of aliphatic hydroxyl groups is 1. The summed E-state index contributed by atoms with van der Waals surface area (Å²) in [5.74, 6) is -0.266. The molecule has 0 fully saturated rings. The molecular weight excluding hydrogens is 271 g/mol. The third-order valence-electron chi connectivity index (χ3n) is 3.95. The van der Waals surface area contributed by atoms with Crippen molar-refractivity contribution in [2.75, 3.05) is 13.6 Å².